The molecule has 1 N–H and O–H groups in total. The van der Waals surface area contributed by atoms with Crippen LogP contribution >= 0.6 is 0 Å². The minimum absolute atomic E-state index is 0.0126. The number of halogens is 1. The molecule has 0 aliphatic heterocycles. The third-order valence-corrected chi connectivity index (χ3v) is 7.51. The summed E-state index contributed by atoms with van der Waals surface area (Å²) in [6.45, 7) is 10.9. The van der Waals surface area contributed by atoms with E-state index < -0.39 is 12.3 Å². The molecule has 0 radical (unpaired) electrons. The minimum Gasteiger partial charge on any atom is -0.393 e. The van der Waals surface area contributed by atoms with Gasteiger partial charge in [-0.1, -0.05) is 81.5 Å². The molecule has 1 nitrogen and oxygen atoms in total. The molecule has 3 rings (SSSR count). The highest BCUT2D eigenvalue weighted by molar-refractivity contribution is 5.32. The van der Waals surface area contributed by atoms with Crippen LogP contribution in [-0.4, -0.2) is 17.4 Å². The molecule has 0 heterocycles. The van der Waals surface area contributed by atoms with E-state index >= 15 is 0 Å². The fourth-order valence-corrected chi connectivity index (χ4v) is 5.61. The number of benzene rings is 1. The molecule has 2 heteroatoms. The molecule has 2 aliphatic carbocycles. The van der Waals surface area contributed by atoms with Crippen LogP contribution in [-0.2, 0) is 12.8 Å². The number of alkyl halides is 1. The van der Waals surface area contributed by atoms with Gasteiger partial charge in [0.1, 0.15) is 6.17 Å². The Morgan fingerprint density at radius 1 is 1.16 bits per heavy atom. The van der Waals surface area contributed by atoms with Crippen molar-refractivity contribution in [3.63, 3.8) is 0 Å². The van der Waals surface area contributed by atoms with Crippen LogP contribution in [0.2, 0.25) is 0 Å². The quantitative estimate of drug-likeness (QED) is 0.278. The number of rotatable bonds is 11. The highest BCUT2D eigenvalue weighted by atomic mass is 19.1. The van der Waals surface area contributed by atoms with Gasteiger partial charge in [0.15, 0.2) is 0 Å². The van der Waals surface area contributed by atoms with Gasteiger partial charge in [-0.05, 0) is 79.7 Å². The van der Waals surface area contributed by atoms with Crippen molar-refractivity contribution in [3.05, 3.63) is 71.8 Å². The van der Waals surface area contributed by atoms with Gasteiger partial charge < -0.3 is 5.11 Å². The molecule has 5 atom stereocenters. The van der Waals surface area contributed by atoms with Crippen molar-refractivity contribution in [2.75, 3.05) is 0 Å². The van der Waals surface area contributed by atoms with Crippen LogP contribution in [0.25, 0.3) is 0 Å². The van der Waals surface area contributed by atoms with E-state index in [9.17, 15) is 9.50 Å². The number of hydrogen-bond acceptors (Lipinski definition) is 1. The molecular formula is C30H43FO. The first kappa shape index (κ1) is 25.0. The zero-order chi connectivity index (χ0) is 23.1. The zero-order valence-corrected chi connectivity index (χ0v) is 20.3. The molecule has 1 saturated carbocycles. The van der Waals surface area contributed by atoms with Gasteiger partial charge >= 0.3 is 0 Å². The second kappa shape index (κ2) is 12.0. The summed E-state index contributed by atoms with van der Waals surface area (Å²) < 4.78 is 14.7. The molecule has 1 aromatic carbocycles. The smallest absolute Gasteiger partial charge is 0.109 e. The Bertz CT molecular complexity index is 767. The van der Waals surface area contributed by atoms with Gasteiger partial charge in [0.2, 0.25) is 0 Å². The Labute approximate surface area is 195 Å². The van der Waals surface area contributed by atoms with Crippen molar-refractivity contribution < 1.29 is 9.50 Å². The van der Waals surface area contributed by atoms with E-state index in [2.05, 4.69) is 75.9 Å². The van der Waals surface area contributed by atoms with E-state index in [4.69, 9.17) is 0 Å². The molecule has 0 bridgehead atoms. The largest absolute Gasteiger partial charge is 0.393 e. The van der Waals surface area contributed by atoms with Gasteiger partial charge in [0.05, 0.1) is 6.10 Å². The predicted molar refractivity (Wildman–Crippen MR) is 134 cm³/mol. The SMILES string of the molecule is C=C(CCC/C=C\CC1C(O)CC(F)C1/C=C/C(C)C1Cc2ccccc2C1)CC(C)C. The molecule has 2 aliphatic rings. The number of fused-ring (bicyclic) bond motifs is 1. The Kier molecular flexibility index (Phi) is 9.34. The number of unbranched alkanes of at least 4 members (excludes halogenated alkanes) is 1. The Morgan fingerprint density at radius 2 is 1.84 bits per heavy atom. The first-order valence-corrected chi connectivity index (χ1v) is 12.7. The van der Waals surface area contributed by atoms with Crippen molar-refractivity contribution in [3.8, 4) is 0 Å². The maximum Gasteiger partial charge on any atom is 0.109 e. The summed E-state index contributed by atoms with van der Waals surface area (Å²) in [6, 6.07) is 8.71. The highest BCUT2D eigenvalue weighted by Gasteiger charge is 2.40. The summed E-state index contributed by atoms with van der Waals surface area (Å²) in [5, 5.41) is 10.5. The fraction of sp³-hybridized carbons (Fsp3) is 0.600. The van der Waals surface area contributed by atoms with Gasteiger partial charge in [-0.25, -0.2) is 4.39 Å². The summed E-state index contributed by atoms with van der Waals surface area (Å²) in [4.78, 5) is 0. The lowest BCUT2D eigenvalue weighted by molar-refractivity contribution is 0.125. The second-order valence-corrected chi connectivity index (χ2v) is 10.7. The van der Waals surface area contributed by atoms with E-state index in [1.54, 1.807) is 0 Å². The molecule has 0 aromatic heterocycles. The monoisotopic (exact) mass is 438 g/mol. The van der Waals surface area contributed by atoms with E-state index in [0.717, 1.165) is 44.9 Å². The number of allylic oxidation sites excluding steroid dienone is 5. The van der Waals surface area contributed by atoms with Crippen molar-refractivity contribution in [2.45, 2.75) is 84.4 Å². The van der Waals surface area contributed by atoms with E-state index in [-0.39, 0.29) is 18.3 Å². The van der Waals surface area contributed by atoms with Crippen LogP contribution in [0.1, 0.15) is 70.4 Å². The van der Waals surface area contributed by atoms with Gasteiger partial charge in [-0.3, -0.25) is 0 Å². The Morgan fingerprint density at radius 3 is 2.50 bits per heavy atom. The molecule has 0 amide bonds. The van der Waals surface area contributed by atoms with Gasteiger partial charge in [-0.15, -0.1) is 0 Å². The zero-order valence-electron chi connectivity index (χ0n) is 20.3. The van der Waals surface area contributed by atoms with Crippen molar-refractivity contribution in [2.24, 2.45) is 29.6 Å². The number of aliphatic hydroxyl groups is 1. The van der Waals surface area contributed by atoms with Crippen molar-refractivity contribution in [1.29, 1.82) is 0 Å². The Balaban J connectivity index is 1.47. The minimum atomic E-state index is -0.938. The van der Waals surface area contributed by atoms with Crippen LogP contribution in [0.5, 0.6) is 0 Å². The van der Waals surface area contributed by atoms with Crippen LogP contribution in [0.3, 0.4) is 0 Å². The molecule has 176 valence electrons. The summed E-state index contributed by atoms with van der Waals surface area (Å²) in [6.07, 6.45) is 14.8. The topological polar surface area (TPSA) is 20.2 Å². The first-order chi connectivity index (χ1) is 15.3. The lowest BCUT2D eigenvalue weighted by Gasteiger charge is -2.20. The maximum absolute atomic E-state index is 14.7. The summed E-state index contributed by atoms with van der Waals surface area (Å²) in [5.74, 6) is 1.50. The Hall–Kier alpha value is -1.67. The van der Waals surface area contributed by atoms with Crippen LogP contribution in [0.15, 0.2) is 60.7 Å². The van der Waals surface area contributed by atoms with E-state index in [1.165, 1.54) is 16.7 Å². The highest BCUT2D eigenvalue weighted by Crippen LogP contribution is 2.39. The molecule has 1 fully saturated rings. The van der Waals surface area contributed by atoms with Gasteiger partial charge in [0.25, 0.3) is 0 Å². The van der Waals surface area contributed by atoms with Crippen LogP contribution in [0.4, 0.5) is 4.39 Å². The van der Waals surface area contributed by atoms with E-state index in [0.29, 0.717) is 17.8 Å². The molecule has 32 heavy (non-hydrogen) atoms. The summed E-state index contributed by atoms with van der Waals surface area (Å²) >= 11 is 0. The van der Waals surface area contributed by atoms with Crippen molar-refractivity contribution in [1.82, 2.24) is 0 Å². The van der Waals surface area contributed by atoms with Crippen LogP contribution in [0, 0.1) is 29.6 Å². The molecule has 0 saturated heterocycles. The van der Waals surface area contributed by atoms with Crippen LogP contribution < -0.4 is 0 Å². The number of aliphatic hydroxyl groups excluding tert-OH is 1. The first-order valence-electron chi connectivity index (χ1n) is 12.7. The fourth-order valence-electron chi connectivity index (χ4n) is 5.61. The maximum atomic E-state index is 14.7. The van der Waals surface area contributed by atoms with Gasteiger partial charge in [0, 0.05) is 12.3 Å². The van der Waals surface area contributed by atoms with Crippen molar-refractivity contribution >= 4 is 0 Å². The molecule has 5 unspecified atom stereocenters. The predicted octanol–water partition coefficient (Wildman–Crippen LogP) is 7.65. The lowest BCUT2D eigenvalue weighted by atomic mass is 9.86. The third-order valence-electron chi connectivity index (χ3n) is 7.51. The second-order valence-electron chi connectivity index (χ2n) is 10.7. The van der Waals surface area contributed by atoms with Gasteiger partial charge in [-0.2, -0.15) is 0 Å². The average Bonchev–Trinajstić information content (AvgIpc) is 3.29. The summed E-state index contributed by atoms with van der Waals surface area (Å²) in [5.41, 5.74) is 4.27. The summed E-state index contributed by atoms with van der Waals surface area (Å²) in [7, 11) is 0. The molecule has 1 aromatic rings. The number of hydrogen-bond donors (Lipinski definition) is 1. The molecular weight excluding hydrogens is 395 g/mol. The lowest BCUT2D eigenvalue weighted by Crippen LogP contribution is -2.19. The normalized spacial score (nSPS) is 27.1. The third kappa shape index (κ3) is 6.91. The standard InChI is InChI=1S/C30H43FO/c1-21(2)17-22(3)11-7-5-6-8-14-28-27(29(31)20-30(28)32)16-15-23(4)26-18-24-12-9-10-13-25(24)19-26/h6,8-10,12-13,15-16,21,23,26-30,32H,3,5,7,11,14,17-20H2,1-2,4H3/b8-6-,16-15+. The molecule has 0 spiro atoms. The average molecular weight is 439 g/mol. The van der Waals surface area contributed by atoms with E-state index in [1.807, 2.05) is 0 Å².